The van der Waals surface area contributed by atoms with Gasteiger partial charge in [-0.2, -0.15) is 21.6 Å². The Labute approximate surface area is 209 Å². The predicted octanol–water partition coefficient (Wildman–Crippen LogP) is 6.70. The number of alkyl halides is 3. The molecule has 1 amide bonds. The van der Waals surface area contributed by atoms with E-state index in [9.17, 15) is 26.4 Å². The lowest BCUT2D eigenvalue weighted by Crippen LogP contribution is -2.23. The van der Waals surface area contributed by atoms with Crippen LogP contribution in [0.4, 0.5) is 18.3 Å². The number of nitrogens with one attached hydrogen (secondary N) is 1. The molecule has 0 aliphatic heterocycles. The van der Waals surface area contributed by atoms with E-state index in [0.717, 1.165) is 15.8 Å². The van der Waals surface area contributed by atoms with E-state index >= 15 is 0 Å². The van der Waals surface area contributed by atoms with Crippen LogP contribution in [0.2, 0.25) is 0 Å². The molecule has 0 saturated heterocycles. The minimum Gasteiger partial charge on any atom is -0.298 e. The van der Waals surface area contributed by atoms with Crippen molar-refractivity contribution < 1.29 is 30.6 Å². The molecule has 0 bridgehead atoms. The van der Waals surface area contributed by atoms with Gasteiger partial charge in [0.2, 0.25) is 0 Å². The van der Waals surface area contributed by atoms with E-state index in [1.165, 1.54) is 21.8 Å². The van der Waals surface area contributed by atoms with Gasteiger partial charge in [0.25, 0.3) is 5.91 Å². The molecule has 0 atom stereocenters. The molecule has 2 aromatic heterocycles. The number of hydrogen-bond acceptors (Lipinski definition) is 7. The van der Waals surface area contributed by atoms with Gasteiger partial charge in [-0.05, 0) is 62.0 Å². The highest BCUT2D eigenvalue weighted by Crippen LogP contribution is 2.27. The summed E-state index contributed by atoms with van der Waals surface area (Å²) in [6.07, 6.45) is 0. The van der Waals surface area contributed by atoms with Gasteiger partial charge in [-0.15, -0.1) is 11.3 Å². The van der Waals surface area contributed by atoms with Crippen molar-refractivity contribution in [3.8, 4) is 0 Å². The van der Waals surface area contributed by atoms with Gasteiger partial charge >= 0.3 is 15.6 Å². The van der Waals surface area contributed by atoms with Crippen molar-refractivity contribution in [2.45, 2.75) is 26.3 Å². The molecule has 12 heteroatoms. The highest BCUT2D eigenvalue weighted by Gasteiger charge is 2.46. The molecular weight excluding hydrogens is 521 g/mol. The first kappa shape index (κ1) is 28.4. The van der Waals surface area contributed by atoms with E-state index in [-0.39, 0.29) is 5.91 Å². The van der Waals surface area contributed by atoms with Gasteiger partial charge in [-0.25, -0.2) is 4.98 Å². The molecule has 0 saturated carbocycles. The van der Waals surface area contributed by atoms with E-state index in [1.54, 1.807) is 11.3 Å². The Morgan fingerprint density at radius 1 is 1.00 bits per heavy atom. The fourth-order valence-electron chi connectivity index (χ4n) is 2.41. The number of nitrogens with zero attached hydrogens (tertiary/aromatic N) is 1. The van der Waals surface area contributed by atoms with Gasteiger partial charge in [0.15, 0.2) is 5.13 Å². The minimum atomic E-state index is -5.34. The number of fused-ring (bicyclic) bond motifs is 1. The monoisotopic (exact) mass is 544 g/mol. The van der Waals surface area contributed by atoms with Crippen molar-refractivity contribution in [1.29, 1.82) is 0 Å². The molecule has 0 unspecified atom stereocenters. The standard InChI is InChI=1S/C16H14N2OS.C5H6S.C2H3F3O3S/c1-10-3-6-12(7-4-10)15(19)18-16-17-13-8-5-11(2)9-14(13)20-16;1-5-3-2-4-6-5;1-8-9(6,7)2(3,4)5/h3-9H,1-2H3,(H,17,18,19);2-4H,1H3;1H3. The number of carbonyl (C=O) groups is 1. The molecule has 0 radical (unpaired) electrons. The maximum absolute atomic E-state index is 12.1. The average molecular weight is 545 g/mol. The minimum absolute atomic E-state index is 0.124. The highest BCUT2D eigenvalue weighted by molar-refractivity contribution is 7.87. The van der Waals surface area contributed by atoms with Crippen molar-refractivity contribution in [2.24, 2.45) is 0 Å². The fourth-order valence-corrected chi connectivity index (χ4v) is 4.09. The first-order valence-electron chi connectivity index (χ1n) is 9.94. The van der Waals surface area contributed by atoms with Crippen LogP contribution >= 0.6 is 22.7 Å². The Bertz CT molecular complexity index is 1350. The van der Waals surface area contributed by atoms with Crippen LogP contribution in [-0.2, 0) is 14.3 Å². The second kappa shape index (κ2) is 12.2. The summed E-state index contributed by atoms with van der Waals surface area (Å²) < 4.78 is 56.9. The molecule has 0 fully saturated rings. The summed E-state index contributed by atoms with van der Waals surface area (Å²) in [5, 5.41) is 5.57. The van der Waals surface area contributed by atoms with E-state index in [4.69, 9.17) is 0 Å². The zero-order valence-electron chi connectivity index (χ0n) is 19.2. The molecule has 2 aromatic carbocycles. The highest BCUT2D eigenvalue weighted by atomic mass is 32.2. The quantitative estimate of drug-likeness (QED) is 0.229. The fraction of sp³-hybridized carbons (Fsp3) is 0.217. The lowest BCUT2D eigenvalue weighted by molar-refractivity contribution is -0.0526. The van der Waals surface area contributed by atoms with Crippen molar-refractivity contribution in [3.63, 3.8) is 0 Å². The Kier molecular flexibility index (Phi) is 9.95. The third-order valence-electron chi connectivity index (χ3n) is 4.24. The molecule has 4 aromatic rings. The van der Waals surface area contributed by atoms with Gasteiger partial charge in [0, 0.05) is 10.4 Å². The summed E-state index contributed by atoms with van der Waals surface area (Å²) in [5.74, 6) is -0.124. The molecular formula is C23H23F3N2O4S3. The molecule has 188 valence electrons. The third kappa shape index (κ3) is 8.73. The number of thiazole rings is 1. The van der Waals surface area contributed by atoms with Crippen LogP contribution in [0.1, 0.15) is 26.4 Å². The summed E-state index contributed by atoms with van der Waals surface area (Å²) in [7, 11) is -4.89. The van der Waals surface area contributed by atoms with Crippen molar-refractivity contribution in [2.75, 3.05) is 12.4 Å². The Hall–Kier alpha value is -2.80. The zero-order valence-corrected chi connectivity index (χ0v) is 21.7. The summed E-state index contributed by atoms with van der Waals surface area (Å²) in [4.78, 5) is 17.9. The molecule has 0 aliphatic rings. The number of benzene rings is 2. The second-order valence-electron chi connectivity index (χ2n) is 7.10. The lowest BCUT2D eigenvalue weighted by atomic mass is 10.1. The first-order chi connectivity index (χ1) is 16.3. The number of rotatable bonds is 3. The summed E-state index contributed by atoms with van der Waals surface area (Å²) in [6, 6.07) is 17.7. The Morgan fingerprint density at radius 3 is 2.09 bits per heavy atom. The topological polar surface area (TPSA) is 85.4 Å². The van der Waals surface area contributed by atoms with E-state index in [2.05, 4.69) is 45.0 Å². The molecule has 35 heavy (non-hydrogen) atoms. The second-order valence-corrected chi connectivity index (χ2v) is 11.0. The maximum atomic E-state index is 12.1. The number of aryl methyl sites for hydroxylation is 3. The van der Waals surface area contributed by atoms with Crippen molar-refractivity contribution >= 4 is 54.0 Å². The number of anilines is 1. The predicted molar refractivity (Wildman–Crippen MR) is 135 cm³/mol. The Balaban J connectivity index is 0.000000238. The third-order valence-corrected chi connectivity index (χ3v) is 6.98. The van der Waals surface area contributed by atoms with Gasteiger partial charge in [-0.3, -0.25) is 14.3 Å². The van der Waals surface area contributed by atoms with E-state index < -0.39 is 15.6 Å². The van der Waals surface area contributed by atoms with Crippen LogP contribution in [-0.4, -0.2) is 31.9 Å². The van der Waals surface area contributed by atoms with Crippen LogP contribution in [0.5, 0.6) is 0 Å². The molecule has 0 spiro atoms. The lowest BCUT2D eigenvalue weighted by Gasteiger charge is -2.02. The largest absolute Gasteiger partial charge is 0.523 e. The van der Waals surface area contributed by atoms with E-state index in [0.29, 0.717) is 17.8 Å². The van der Waals surface area contributed by atoms with Gasteiger partial charge in [-0.1, -0.05) is 41.2 Å². The van der Waals surface area contributed by atoms with Crippen molar-refractivity contribution in [1.82, 2.24) is 4.98 Å². The average Bonchev–Trinajstić information content (AvgIpc) is 3.42. The number of aromatic nitrogens is 1. The summed E-state index contributed by atoms with van der Waals surface area (Å²) in [5.41, 5.74) is -1.41. The van der Waals surface area contributed by atoms with Crippen LogP contribution in [0.3, 0.4) is 0 Å². The zero-order chi connectivity index (χ0) is 26.2. The molecule has 6 nitrogen and oxygen atoms in total. The smallest absolute Gasteiger partial charge is 0.298 e. The van der Waals surface area contributed by atoms with Crippen LogP contribution < -0.4 is 5.32 Å². The van der Waals surface area contributed by atoms with E-state index in [1.807, 2.05) is 50.2 Å². The molecule has 2 heterocycles. The van der Waals surface area contributed by atoms with Crippen molar-refractivity contribution in [3.05, 3.63) is 81.5 Å². The normalized spacial score (nSPS) is 11.2. The Morgan fingerprint density at radius 2 is 1.63 bits per heavy atom. The number of halogens is 3. The van der Waals surface area contributed by atoms with Gasteiger partial charge in [0.05, 0.1) is 17.3 Å². The van der Waals surface area contributed by atoms with Gasteiger partial charge < -0.3 is 0 Å². The maximum Gasteiger partial charge on any atom is 0.523 e. The van der Waals surface area contributed by atoms with Crippen LogP contribution in [0, 0.1) is 20.8 Å². The molecule has 0 aliphatic carbocycles. The SMILES string of the molecule is COS(=O)(=O)C(F)(F)F.Cc1ccc(C(=O)Nc2nc3ccc(C)cc3s2)cc1.Cc1cccs1. The number of thiophene rings is 1. The number of hydrogen-bond donors (Lipinski definition) is 1. The molecule has 4 rings (SSSR count). The van der Waals surface area contributed by atoms with Gasteiger partial charge in [0.1, 0.15) is 0 Å². The summed E-state index contributed by atoms with van der Waals surface area (Å²) in [6.45, 7) is 6.14. The number of amides is 1. The summed E-state index contributed by atoms with van der Waals surface area (Å²) >= 11 is 3.27. The van der Waals surface area contributed by atoms with Crippen LogP contribution in [0.25, 0.3) is 10.2 Å². The first-order valence-corrected chi connectivity index (χ1v) is 13.0. The molecule has 1 N–H and O–H groups in total. The number of carbonyl (C=O) groups excluding carboxylic acids is 1. The van der Waals surface area contributed by atoms with Crippen LogP contribution in [0.15, 0.2) is 60.0 Å².